The molecule has 17 heavy (non-hydrogen) atoms. The molecule has 0 spiro atoms. The maximum Gasteiger partial charge on any atom is 0.0366 e. The highest BCUT2D eigenvalue weighted by molar-refractivity contribution is 5.46. The molecule has 1 aromatic rings. The van der Waals surface area contributed by atoms with Crippen LogP contribution < -0.4 is 10.2 Å². The Kier molecular flexibility index (Phi) is 4.21. The molecule has 2 nitrogen and oxygen atoms in total. The fourth-order valence-corrected chi connectivity index (χ4v) is 2.38. The van der Waals surface area contributed by atoms with E-state index in [1.54, 1.807) is 0 Å². The quantitative estimate of drug-likeness (QED) is 0.800. The van der Waals surface area contributed by atoms with Crippen LogP contribution in [0.1, 0.15) is 19.8 Å². The van der Waals surface area contributed by atoms with Crippen molar-refractivity contribution in [3.05, 3.63) is 43.0 Å². The summed E-state index contributed by atoms with van der Waals surface area (Å²) >= 11 is 0. The van der Waals surface area contributed by atoms with E-state index in [1.165, 1.54) is 18.5 Å². The topological polar surface area (TPSA) is 15.3 Å². The van der Waals surface area contributed by atoms with Gasteiger partial charge < -0.3 is 10.2 Å². The molecule has 92 valence electrons. The number of anilines is 1. The molecular weight excluding hydrogens is 208 g/mol. The Hall–Kier alpha value is -1.28. The van der Waals surface area contributed by atoms with Gasteiger partial charge in [-0.1, -0.05) is 24.3 Å². The van der Waals surface area contributed by atoms with Gasteiger partial charge in [0.25, 0.3) is 0 Å². The maximum absolute atomic E-state index is 3.82. The standard InChI is InChI=1S/C15H22N2/c1-3-13(2)16-14-9-11-17(12-10-14)15-7-5-4-6-8-15/h3-8,13-14,16H,1,9-12H2,2H3. The van der Waals surface area contributed by atoms with Crippen molar-refractivity contribution >= 4 is 5.69 Å². The van der Waals surface area contributed by atoms with Crippen LogP contribution in [0.5, 0.6) is 0 Å². The summed E-state index contributed by atoms with van der Waals surface area (Å²) in [6, 6.07) is 11.7. The van der Waals surface area contributed by atoms with E-state index in [9.17, 15) is 0 Å². The third kappa shape index (κ3) is 3.34. The lowest BCUT2D eigenvalue weighted by Gasteiger charge is -2.35. The number of rotatable bonds is 4. The molecule has 1 heterocycles. The minimum Gasteiger partial charge on any atom is -0.371 e. The van der Waals surface area contributed by atoms with Gasteiger partial charge in [-0.25, -0.2) is 0 Å². The average Bonchev–Trinajstić information content (AvgIpc) is 2.40. The molecule has 0 saturated carbocycles. The number of para-hydroxylation sites is 1. The number of nitrogens with one attached hydrogen (secondary N) is 1. The van der Waals surface area contributed by atoms with Crippen molar-refractivity contribution in [1.29, 1.82) is 0 Å². The Morgan fingerprint density at radius 2 is 1.94 bits per heavy atom. The van der Waals surface area contributed by atoms with E-state index in [4.69, 9.17) is 0 Å². The molecule has 1 saturated heterocycles. The lowest BCUT2D eigenvalue weighted by Crippen LogP contribution is -2.45. The maximum atomic E-state index is 3.82. The fourth-order valence-electron chi connectivity index (χ4n) is 2.38. The largest absolute Gasteiger partial charge is 0.371 e. The van der Waals surface area contributed by atoms with Crippen LogP contribution in [-0.2, 0) is 0 Å². The minimum atomic E-state index is 0.420. The van der Waals surface area contributed by atoms with Gasteiger partial charge in [0.2, 0.25) is 0 Å². The average molecular weight is 230 g/mol. The van der Waals surface area contributed by atoms with E-state index >= 15 is 0 Å². The molecule has 0 aromatic heterocycles. The number of piperidine rings is 1. The van der Waals surface area contributed by atoms with Crippen molar-refractivity contribution in [2.24, 2.45) is 0 Å². The van der Waals surface area contributed by atoms with Gasteiger partial charge in [-0.3, -0.25) is 0 Å². The second-order valence-corrected chi connectivity index (χ2v) is 4.79. The second kappa shape index (κ2) is 5.87. The Balaban J connectivity index is 1.84. The molecule has 1 aliphatic heterocycles. The lowest BCUT2D eigenvalue weighted by molar-refractivity contribution is 0.400. The van der Waals surface area contributed by atoms with Crippen LogP contribution in [0.15, 0.2) is 43.0 Å². The van der Waals surface area contributed by atoms with Gasteiger partial charge in [0.05, 0.1) is 0 Å². The zero-order valence-electron chi connectivity index (χ0n) is 10.6. The summed E-state index contributed by atoms with van der Waals surface area (Å²) in [6.45, 7) is 8.27. The van der Waals surface area contributed by atoms with E-state index in [0.717, 1.165) is 13.1 Å². The van der Waals surface area contributed by atoms with Crippen molar-refractivity contribution in [3.8, 4) is 0 Å². The molecule has 0 radical (unpaired) electrons. The summed E-state index contributed by atoms with van der Waals surface area (Å²) in [5.41, 5.74) is 1.35. The van der Waals surface area contributed by atoms with Gasteiger partial charge in [-0.05, 0) is 31.9 Å². The Labute approximate surface area is 104 Å². The van der Waals surface area contributed by atoms with Crippen LogP contribution in [0.25, 0.3) is 0 Å². The molecule has 1 unspecified atom stereocenters. The van der Waals surface area contributed by atoms with E-state index < -0.39 is 0 Å². The molecule has 0 amide bonds. The number of benzene rings is 1. The molecule has 0 bridgehead atoms. The van der Waals surface area contributed by atoms with Crippen LogP contribution >= 0.6 is 0 Å². The van der Waals surface area contributed by atoms with E-state index in [0.29, 0.717) is 12.1 Å². The molecule has 1 fully saturated rings. The summed E-state index contributed by atoms with van der Waals surface area (Å²) in [5, 5.41) is 3.60. The summed E-state index contributed by atoms with van der Waals surface area (Å²) in [5.74, 6) is 0. The Bertz CT molecular complexity index is 339. The Morgan fingerprint density at radius 3 is 2.53 bits per heavy atom. The first-order valence-corrected chi connectivity index (χ1v) is 6.48. The molecule has 1 N–H and O–H groups in total. The van der Waals surface area contributed by atoms with Crippen molar-refractivity contribution in [3.63, 3.8) is 0 Å². The Morgan fingerprint density at radius 1 is 1.29 bits per heavy atom. The molecule has 1 atom stereocenters. The van der Waals surface area contributed by atoms with Crippen LogP contribution in [0.3, 0.4) is 0 Å². The van der Waals surface area contributed by atoms with Gasteiger partial charge in [0.1, 0.15) is 0 Å². The molecule has 1 aromatic carbocycles. The number of nitrogens with zero attached hydrogens (tertiary/aromatic N) is 1. The van der Waals surface area contributed by atoms with E-state index in [1.807, 2.05) is 6.08 Å². The highest BCUT2D eigenvalue weighted by atomic mass is 15.1. The van der Waals surface area contributed by atoms with Gasteiger partial charge in [-0.15, -0.1) is 6.58 Å². The third-order valence-electron chi connectivity index (χ3n) is 3.47. The van der Waals surface area contributed by atoms with Gasteiger partial charge in [0.15, 0.2) is 0 Å². The predicted molar refractivity (Wildman–Crippen MR) is 74.5 cm³/mol. The van der Waals surface area contributed by atoms with Crippen molar-refractivity contribution in [1.82, 2.24) is 5.32 Å². The molecule has 2 rings (SSSR count). The van der Waals surface area contributed by atoms with E-state index in [-0.39, 0.29) is 0 Å². The normalized spacial score (nSPS) is 19.0. The second-order valence-electron chi connectivity index (χ2n) is 4.79. The number of hydrogen-bond acceptors (Lipinski definition) is 2. The molecular formula is C15H22N2. The van der Waals surface area contributed by atoms with Crippen molar-refractivity contribution in [2.75, 3.05) is 18.0 Å². The summed E-state index contributed by atoms with van der Waals surface area (Å²) in [7, 11) is 0. The molecule has 2 heteroatoms. The van der Waals surface area contributed by atoms with Crippen LogP contribution in [0.4, 0.5) is 5.69 Å². The summed E-state index contributed by atoms with van der Waals surface area (Å²) < 4.78 is 0. The third-order valence-corrected chi connectivity index (χ3v) is 3.47. The SMILES string of the molecule is C=CC(C)NC1CCN(c2ccccc2)CC1. The number of hydrogen-bond donors (Lipinski definition) is 1. The summed E-state index contributed by atoms with van der Waals surface area (Å²) in [6.07, 6.45) is 4.41. The van der Waals surface area contributed by atoms with Crippen molar-refractivity contribution in [2.45, 2.75) is 31.8 Å². The fraction of sp³-hybridized carbons (Fsp3) is 0.467. The van der Waals surface area contributed by atoms with Gasteiger partial charge in [0, 0.05) is 30.9 Å². The lowest BCUT2D eigenvalue weighted by atomic mass is 10.0. The highest BCUT2D eigenvalue weighted by Gasteiger charge is 2.19. The van der Waals surface area contributed by atoms with Crippen LogP contribution in [-0.4, -0.2) is 25.2 Å². The van der Waals surface area contributed by atoms with Crippen LogP contribution in [0, 0.1) is 0 Å². The first kappa shape index (κ1) is 12.2. The van der Waals surface area contributed by atoms with E-state index in [2.05, 4.69) is 54.1 Å². The van der Waals surface area contributed by atoms with Crippen molar-refractivity contribution < 1.29 is 0 Å². The van der Waals surface area contributed by atoms with Gasteiger partial charge >= 0.3 is 0 Å². The zero-order chi connectivity index (χ0) is 12.1. The van der Waals surface area contributed by atoms with Gasteiger partial charge in [-0.2, -0.15) is 0 Å². The highest BCUT2D eigenvalue weighted by Crippen LogP contribution is 2.19. The zero-order valence-corrected chi connectivity index (χ0v) is 10.6. The molecule has 0 aliphatic carbocycles. The van der Waals surface area contributed by atoms with Crippen LogP contribution in [0.2, 0.25) is 0 Å². The smallest absolute Gasteiger partial charge is 0.0366 e. The molecule has 1 aliphatic rings. The minimum absolute atomic E-state index is 0.420. The first-order chi connectivity index (χ1) is 8.29. The predicted octanol–water partition coefficient (Wildman–Crippen LogP) is 2.82. The summed E-state index contributed by atoms with van der Waals surface area (Å²) in [4.78, 5) is 2.47. The monoisotopic (exact) mass is 230 g/mol. The first-order valence-electron chi connectivity index (χ1n) is 6.48.